The van der Waals surface area contributed by atoms with Crippen LogP contribution in [0.3, 0.4) is 0 Å². The van der Waals surface area contributed by atoms with Gasteiger partial charge in [0, 0.05) is 30.4 Å². The largest absolute Gasteiger partial charge is 0.396 e. The Morgan fingerprint density at radius 1 is 1.21 bits per heavy atom. The molecule has 0 amide bonds. The minimum absolute atomic E-state index is 0.0187. The lowest BCUT2D eigenvalue weighted by atomic mass is 9.45. The molecule has 0 aromatic carbocycles. The quantitative estimate of drug-likeness (QED) is 0.0305. The van der Waals surface area contributed by atoms with Gasteiger partial charge in [0.15, 0.2) is 0 Å². The van der Waals surface area contributed by atoms with E-state index in [4.69, 9.17) is 0 Å². The van der Waals surface area contributed by atoms with Crippen molar-refractivity contribution in [1.82, 2.24) is 10.6 Å². The molecule has 0 radical (unpaired) electrons. The van der Waals surface area contributed by atoms with Crippen LogP contribution in [0.4, 0.5) is 0 Å². The Hall–Kier alpha value is -2.13. The summed E-state index contributed by atoms with van der Waals surface area (Å²) in [6.07, 6.45) is 19.6. The zero-order chi connectivity index (χ0) is 35.3. The van der Waals surface area contributed by atoms with Crippen LogP contribution < -0.4 is 10.6 Å². The van der Waals surface area contributed by atoms with Crippen LogP contribution in [0.2, 0.25) is 0 Å². The summed E-state index contributed by atoms with van der Waals surface area (Å²) in [5.41, 5.74) is 2.64. The Kier molecular flexibility index (Phi) is 16.2. The number of nitrogens with one attached hydrogen (secondary N) is 2. The zero-order valence-electron chi connectivity index (χ0n) is 30.5. The molecule has 0 aliphatic heterocycles. The fraction of sp³-hybridized carbons (Fsp3) is 0.683. The molecule has 0 unspecified atom stereocenters. The maximum atomic E-state index is 12.8. The lowest BCUT2D eigenvalue weighted by Gasteiger charge is -2.61. The number of allylic oxidation sites excluding steroid dienone is 9. The summed E-state index contributed by atoms with van der Waals surface area (Å²) in [5, 5.41) is 53.9. The molecular weight excluding hydrogens is 600 g/mol. The molecule has 1 spiro atoms. The first-order valence-corrected chi connectivity index (χ1v) is 18.6. The van der Waals surface area contributed by atoms with Crippen molar-refractivity contribution in [2.45, 2.75) is 116 Å². The van der Waals surface area contributed by atoms with E-state index in [0.717, 1.165) is 68.2 Å². The van der Waals surface area contributed by atoms with Crippen molar-refractivity contribution < 1.29 is 25.2 Å². The second-order valence-corrected chi connectivity index (χ2v) is 14.7. The number of unbranched alkanes of at least 4 members (excludes halogenated alkanes) is 2. The molecule has 3 rings (SSSR count). The van der Waals surface area contributed by atoms with Crippen LogP contribution in [0.5, 0.6) is 0 Å². The molecule has 8 atom stereocenters. The number of aliphatic hydroxyl groups is 4. The molecule has 48 heavy (non-hydrogen) atoms. The summed E-state index contributed by atoms with van der Waals surface area (Å²) < 4.78 is 0. The smallest absolute Gasteiger partial charge is 0.145 e. The van der Waals surface area contributed by atoms with Crippen molar-refractivity contribution in [1.29, 1.82) is 0 Å². The molecule has 2 bridgehead atoms. The lowest BCUT2D eigenvalue weighted by Crippen LogP contribution is -2.65. The van der Waals surface area contributed by atoms with Gasteiger partial charge in [-0.05, 0) is 108 Å². The Bertz CT molecular complexity index is 1220. The van der Waals surface area contributed by atoms with E-state index in [9.17, 15) is 25.2 Å². The molecule has 2 saturated carbocycles. The van der Waals surface area contributed by atoms with Gasteiger partial charge in [0.1, 0.15) is 6.29 Å². The number of carbonyl (C=O) groups excluding carboxylic acids is 1. The average Bonchev–Trinajstić information content (AvgIpc) is 3.41. The number of hydrogen-bond donors (Lipinski definition) is 6. The maximum Gasteiger partial charge on any atom is 0.145 e. The Labute approximate surface area is 291 Å². The number of fused-ring (bicyclic) bond motifs is 3. The first-order chi connectivity index (χ1) is 23.0. The van der Waals surface area contributed by atoms with Gasteiger partial charge in [-0.2, -0.15) is 0 Å². The molecule has 3 aliphatic rings. The third kappa shape index (κ3) is 9.15. The summed E-state index contributed by atoms with van der Waals surface area (Å²) in [6.45, 7) is 14.9. The summed E-state index contributed by atoms with van der Waals surface area (Å²) in [4.78, 5) is 12.3. The second-order valence-electron chi connectivity index (χ2n) is 14.7. The number of likely N-dealkylation sites (N-methyl/N-ethyl adjacent to an activating group) is 1. The number of rotatable bonds is 20. The van der Waals surface area contributed by atoms with Gasteiger partial charge in [-0.1, -0.05) is 92.9 Å². The minimum atomic E-state index is -1.20. The fourth-order valence-corrected chi connectivity index (χ4v) is 9.09. The third-order valence-corrected chi connectivity index (χ3v) is 11.5. The molecule has 0 aromatic heterocycles. The Balaban J connectivity index is 2.03. The van der Waals surface area contributed by atoms with E-state index in [1.165, 1.54) is 5.57 Å². The van der Waals surface area contributed by atoms with Gasteiger partial charge < -0.3 is 31.1 Å². The molecule has 0 saturated heterocycles. The third-order valence-electron chi connectivity index (χ3n) is 11.5. The second kappa shape index (κ2) is 19.3. The maximum absolute atomic E-state index is 12.8. The first kappa shape index (κ1) is 40.3. The number of hydrogen-bond acceptors (Lipinski definition) is 7. The van der Waals surface area contributed by atoms with Gasteiger partial charge in [-0.3, -0.25) is 4.79 Å². The molecule has 0 aromatic rings. The van der Waals surface area contributed by atoms with Gasteiger partial charge in [0.05, 0.1) is 17.8 Å². The Morgan fingerprint density at radius 2 is 1.98 bits per heavy atom. The van der Waals surface area contributed by atoms with Gasteiger partial charge in [0.25, 0.3) is 0 Å². The van der Waals surface area contributed by atoms with Gasteiger partial charge in [-0.25, -0.2) is 0 Å². The molecule has 2 fully saturated rings. The topological polar surface area (TPSA) is 122 Å². The van der Waals surface area contributed by atoms with Crippen molar-refractivity contribution in [3.8, 4) is 0 Å². The van der Waals surface area contributed by atoms with E-state index in [1.807, 2.05) is 32.2 Å². The number of aliphatic hydroxyl groups excluding tert-OH is 3. The first-order valence-electron chi connectivity index (χ1n) is 18.6. The summed E-state index contributed by atoms with van der Waals surface area (Å²) >= 11 is 0. The normalized spacial score (nSPS) is 32.3. The highest BCUT2D eigenvalue weighted by Gasteiger charge is 2.68. The van der Waals surface area contributed by atoms with E-state index in [-0.39, 0.29) is 30.3 Å². The van der Waals surface area contributed by atoms with Crippen molar-refractivity contribution in [3.05, 3.63) is 70.9 Å². The van der Waals surface area contributed by atoms with Crippen LogP contribution >= 0.6 is 0 Å². The predicted octanol–water partition coefficient (Wildman–Crippen LogP) is 6.12. The molecule has 7 nitrogen and oxygen atoms in total. The highest BCUT2D eigenvalue weighted by Crippen LogP contribution is 2.67. The van der Waals surface area contributed by atoms with Gasteiger partial charge >= 0.3 is 0 Å². The van der Waals surface area contributed by atoms with Crippen LogP contribution in [-0.2, 0) is 4.79 Å². The monoisotopic (exact) mass is 666 g/mol. The predicted molar refractivity (Wildman–Crippen MR) is 197 cm³/mol. The lowest BCUT2D eigenvalue weighted by molar-refractivity contribution is -0.194. The molecule has 7 heteroatoms. The van der Waals surface area contributed by atoms with E-state index < -0.39 is 23.2 Å². The highest BCUT2D eigenvalue weighted by atomic mass is 16.3. The Morgan fingerprint density at radius 3 is 2.65 bits per heavy atom. The standard InChI is InChI=1S/C41H66N2O5/c1-7-9-10-17-36(46)34(16-12-14-29(3)13-11-15-30(4)27-43-8-2)35-20-22-41(39(35)47)38-32(21-25-44)18-19-33(37(38)31(5)28-45)26-40(41,48)23-24-42-6/h12,14-16,18-19,28,32-33,35-36,38-39,42-44,46-48H,3,7-11,13,17,20-27H2,1-2,4-6H3/b14-12+,30-15+,34-16+,37-31?/t32-,33-,35-,36+,38-,39+,40+,41+/m0/s1. The number of aldehydes is 1. The zero-order valence-corrected chi connectivity index (χ0v) is 30.5. The van der Waals surface area contributed by atoms with Gasteiger partial charge in [-0.15, -0.1) is 0 Å². The summed E-state index contributed by atoms with van der Waals surface area (Å²) in [6, 6.07) is 0. The fourth-order valence-electron chi connectivity index (χ4n) is 9.09. The average molecular weight is 667 g/mol. The van der Waals surface area contributed by atoms with E-state index in [2.05, 4.69) is 56.2 Å². The van der Waals surface area contributed by atoms with E-state index in [0.29, 0.717) is 50.6 Å². The summed E-state index contributed by atoms with van der Waals surface area (Å²) in [7, 11) is 1.87. The van der Waals surface area contributed by atoms with Crippen LogP contribution in [-0.4, -0.2) is 77.8 Å². The van der Waals surface area contributed by atoms with Crippen molar-refractivity contribution >= 4 is 6.29 Å². The summed E-state index contributed by atoms with van der Waals surface area (Å²) in [5.74, 6) is -0.865. The van der Waals surface area contributed by atoms with Crippen molar-refractivity contribution in [3.63, 3.8) is 0 Å². The van der Waals surface area contributed by atoms with E-state index in [1.54, 1.807) is 0 Å². The van der Waals surface area contributed by atoms with Crippen LogP contribution in [0.25, 0.3) is 0 Å². The van der Waals surface area contributed by atoms with E-state index >= 15 is 0 Å². The molecular formula is C41H66N2O5. The van der Waals surface area contributed by atoms with Gasteiger partial charge in [0.2, 0.25) is 0 Å². The molecule has 270 valence electrons. The van der Waals surface area contributed by atoms with Crippen LogP contribution in [0, 0.1) is 29.1 Å². The van der Waals surface area contributed by atoms with Crippen molar-refractivity contribution in [2.24, 2.45) is 29.1 Å². The molecule has 0 heterocycles. The molecule has 3 aliphatic carbocycles. The highest BCUT2D eigenvalue weighted by molar-refractivity contribution is 5.74. The minimum Gasteiger partial charge on any atom is -0.396 e. The number of carbonyl (C=O) groups is 1. The molecule has 6 N–H and O–H groups in total. The van der Waals surface area contributed by atoms with Crippen molar-refractivity contribution in [2.75, 3.05) is 33.3 Å². The van der Waals surface area contributed by atoms with Crippen LogP contribution in [0.1, 0.15) is 98.3 Å². The van der Waals surface area contributed by atoms with Crippen LogP contribution in [0.15, 0.2) is 70.9 Å². The SMILES string of the molecule is C=C(/C=C/C=C(/[C@H](O)CCCCC)[C@@H]1CC[C@]2([C@@H]1O)[C@@H]1C(=C(C)C=O)[C@@H](C=C[C@H]1CCO)C[C@]2(O)CCNC)CC/C=C(\C)CNCC.